The number of hydrogen-bond donors (Lipinski definition) is 1. The minimum absolute atomic E-state index is 0.0471. The van der Waals surface area contributed by atoms with Gasteiger partial charge in [-0.2, -0.15) is 0 Å². The molecule has 0 aliphatic carbocycles. The van der Waals surface area contributed by atoms with E-state index in [2.05, 4.69) is 52.4 Å². The first-order valence-electron chi connectivity index (χ1n) is 6.23. The van der Waals surface area contributed by atoms with Gasteiger partial charge >= 0.3 is 0 Å². The van der Waals surface area contributed by atoms with E-state index in [0.29, 0.717) is 16.9 Å². The van der Waals surface area contributed by atoms with Crippen LogP contribution in [0.15, 0.2) is 18.2 Å². The Morgan fingerprint density at radius 1 is 1.53 bits per heavy atom. The highest BCUT2D eigenvalue weighted by molar-refractivity contribution is 14.1. The van der Waals surface area contributed by atoms with E-state index in [4.69, 9.17) is 0 Å². The van der Waals surface area contributed by atoms with E-state index < -0.39 is 0 Å². The molecule has 1 atom stereocenters. The maximum absolute atomic E-state index is 12.5. The van der Waals surface area contributed by atoms with Gasteiger partial charge in [0.1, 0.15) is 5.75 Å². The molecule has 0 spiro atoms. The van der Waals surface area contributed by atoms with Crippen LogP contribution in [0, 0.1) is 8.99 Å². The van der Waals surface area contributed by atoms with Crippen LogP contribution in [0.4, 0.5) is 0 Å². The van der Waals surface area contributed by atoms with Crippen LogP contribution in [0.1, 0.15) is 30.6 Å². The second-order valence-corrected chi connectivity index (χ2v) is 7.98. The van der Waals surface area contributed by atoms with Gasteiger partial charge in [-0.15, -0.1) is 0 Å². The lowest BCUT2D eigenvalue weighted by Gasteiger charge is -2.41. The van der Waals surface area contributed by atoms with E-state index in [-0.39, 0.29) is 17.1 Å². The highest BCUT2D eigenvalue weighted by Crippen LogP contribution is 2.35. The molecule has 1 fully saturated rings. The first-order chi connectivity index (χ1) is 8.81. The number of alkyl halides is 1. The summed E-state index contributed by atoms with van der Waals surface area (Å²) in [6.45, 7) is 5.73. The van der Waals surface area contributed by atoms with Crippen molar-refractivity contribution in [1.82, 2.24) is 4.90 Å². The summed E-state index contributed by atoms with van der Waals surface area (Å²) in [6, 6.07) is 5.12. The molecule has 1 unspecified atom stereocenters. The summed E-state index contributed by atoms with van der Waals surface area (Å²) in [6.07, 6.45) is 0.934. The highest BCUT2D eigenvalue weighted by atomic mass is 127. The Hall–Kier alpha value is -0.300. The summed E-state index contributed by atoms with van der Waals surface area (Å²) in [5.74, 6) is -0.0207. The first kappa shape index (κ1) is 15.1. The molecule has 2 rings (SSSR count). The lowest BCUT2D eigenvalue weighted by Crippen LogP contribution is -2.48. The van der Waals surface area contributed by atoms with Crippen LogP contribution in [0.25, 0.3) is 0 Å². The molecule has 1 aromatic carbocycles. The third-order valence-corrected chi connectivity index (χ3v) is 5.94. The predicted octanol–water partition coefficient (Wildman–Crippen LogP) is 3.63. The molecule has 1 aliphatic rings. The van der Waals surface area contributed by atoms with Crippen molar-refractivity contribution in [3.05, 3.63) is 27.3 Å². The van der Waals surface area contributed by atoms with Gasteiger partial charge < -0.3 is 10.0 Å². The maximum atomic E-state index is 12.5. The van der Waals surface area contributed by atoms with Crippen molar-refractivity contribution in [2.45, 2.75) is 25.1 Å². The van der Waals surface area contributed by atoms with Crippen molar-refractivity contribution < 1.29 is 9.90 Å². The van der Waals surface area contributed by atoms with Gasteiger partial charge in [-0.25, -0.2) is 0 Å². The second-order valence-electron chi connectivity index (χ2n) is 5.63. The van der Waals surface area contributed by atoms with Crippen LogP contribution in [0.3, 0.4) is 0 Å². The molecule has 104 valence electrons. The summed E-state index contributed by atoms with van der Waals surface area (Å²) < 4.78 is 0.952. The van der Waals surface area contributed by atoms with Crippen LogP contribution in [-0.4, -0.2) is 33.8 Å². The maximum Gasteiger partial charge on any atom is 0.257 e. The number of carbonyl (C=O) groups excluding carboxylic acids is 1. The number of rotatable bonds is 1. The summed E-state index contributed by atoms with van der Waals surface area (Å²) in [5, 5.41) is 9.86. The Kier molecular flexibility index (Phi) is 4.45. The fourth-order valence-corrected chi connectivity index (χ4v) is 3.19. The van der Waals surface area contributed by atoms with Crippen LogP contribution in [0.2, 0.25) is 0 Å². The Balaban J connectivity index is 2.23. The first-order valence-corrected chi connectivity index (χ1v) is 8.22. The van der Waals surface area contributed by atoms with E-state index in [9.17, 15) is 9.90 Å². The van der Waals surface area contributed by atoms with Crippen molar-refractivity contribution in [3.8, 4) is 5.75 Å². The van der Waals surface area contributed by atoms with Gasteiger partial charge in [0.2, 0.25) is 0 Å². The predicted molar refractivity (Wildman–Crippen MR) is 87.8 cm³/mol. The Bertz CT molecular complexity index is 504. The lowest BCUT2D eigenvalue weighted by atomic mass is 9.83. The molecule has 1 amide bonds. The van der Waals surface area contributed by atoms with E-state index >= 15 is 0 Å². The molecule has 1 aliphatic heterocycles. The van der Waals surface area contributed by atoms with Crippen LogP contribution >= 0.6 is 38.5 Å². The third kappa shape index (κ3) is 3.24. The molecule has 1 aromatic rings. The van der Waals surface area contributed by atoms with Crippen LogP contribution < -0.4 is 0 Å². The molecule has 0 radical (unpaired) electrons. The summed E-state index contributed by atoms with van der Waals surface area (Å²) in [7, 11) is 0. The number of aromatic hydroxyl groups is 1. The Morgan fingerprint density at radius 3 is 2.84 bits per heavy atom. The molecule has 0 aromatic heterocycles. The van der Waals surface area contributed by atoms with E-state index in [0.717, 1.165) is 16.5 Å². The quantitative estimate of drug-likeness (QED) is 0.538. The largest absolute Gasteiger partial charge is 0.507 e. The summed E-state index contributed by atoms with van der Waals surface area (Å²) in [5.41, 5.74) is 0.446. The minimum Gasteiger partial charge on any atom is -0.507 e. The van der Waals surface area contributed by atoms with Gasteiger partial charge in [-0.05, 0) is 52.6 Å². The number of halogens is 2. The van der Waals surface area contributed by atoms with Crippen molar-refractivity contribution in [3.63, 3.8) is 0 Å². The Labute approximate surface area is 135 Å². The normalized spacial score (nSPS) is 22.3. The van der Waals surface area contributed by atoms with Crippen molar-refractivity contribution in [1.29, 1.82) is 0 Å². The average molecular weight is 438 g/mol. The Morgan fingerprint density at radius 2 is 2.21 bits per heavy atom. The number of phenolic OH excluding ortho intramolecular Hbond substituents is 1. The number of likely N-dealkylation sites (tertiary alicyclic amines) is 1. The van der Waals surface area contributed by atoms with Gasteiger partial charge in [0.15, 0.2) is 0 Å². The molecule has 1 saturated heterocycles. The van der Waals surface area contributed by atoms with E-state index in [1.165, 1.54) is 0 Å². The zero-order chi connectivity index (χ0) is 14.2. The van der Waals surface area contributed by atoms with Gasteiger partial charge in [0.05, 0.1) is 5.56 Å². The molecule has 19 heavy (non-hydrogen) atoms. The summed E-state index contributed by atoms with van der Waals surface area (Å²) in [4.78, 5) is 14.8. The average Bonchev–Trinajstić information content (AvgIpc) is 2.35. The standard InChI is InChI=1S/C14H17BrINO2/c1-14(2)8-17(6-5-12(14)15)13(19)10-7-9(16)3-4-11(10)18/h3-4,7,12,18H,5-6,8H2,1-2H3. The number of phenols is 1. The topological polar surface area (TPSA) is 40.5 Å². The smallest absolute Gasteiger partial charge is 0.257 e. The van der Waals surface area contributed by atoms with Crippen molar-refractivity contribution in [2.24, 2.45) is 5.41 Å². The molecule has 5 heteroatoms. The number of piperidine rings is 1. The number of hydrogen-bond acceptors (Lipinski definition) is 2. The van der Waals surface area contributed by atoms with Gasteiger partial charge in [0, 0.05) is 21.5 Å². The van der Waals surface area contributed by atoms with Gasteiger partial charge in [-0.1, -0.05) is 29.8 Å². The zero-order valence-electron chi connectivity index (χ0n) is 11.0. The van der Waals surface area contributed by atoms with E-state index in [1.54, 1.807) is 18.2 Å². The second kappa shape index (κ2) is 5.60. The molecule has 0 saturated carbocycles. The number of carbonyl (C=O) groups is 1. The fraction of sp³-hybridized carbons (Fsp3) is 0.500. The van der Waals surface area contributed by atoms with Crippen molar-refractivity contribution >= 4 is 44.4 Å². The monoisotopic (exact) mass is 437 g/mol. The molecule has 1 heterocycles. The van der Waals surface area contributed by atoms with Crippen LogP contribution in [0.5, 0.6) is 5.75 Å². The minimum atomic E-state index is -0.0801. The van der Waals surface area contributed by atoms with Gasteiger partial charge in [-0.3, -0.25) is 4.79 Å². The summed E-state index contributed by atoms with van der Waals surface area (Å²) >= 11 is 5.83. The lowest BCUT2D eigenvalue weighted by molar-refractivity contribution is 0.0599. The molecular formula is C14H17BrINO2. The number of amides is 1. The molecular weight excluding hydrogens is 421 g/mol. The molecule has 3 nitrogen and oxygen atoms in total. The number of benzene rings is 1. The SMILES string of the molecule is CC1(C)CN(C(=O)c2cc(I)ccc2O)CCC1Br. The van der Waals surface area contributed by atoms with Gasteiger partial charge in [0.25, 0.3) is 5.91 Å². The zero-order valence-corrected chi connectivity index (χ0v) is 14.7. The molecule has 0 bridgehead atoms. The van der Waals surface area contributed by atoms with Crippen molar-refractivity contribution in [2.75, 3.05) is 13.1 Å². The highest BCUT2D eigenvalue weighted by Gasteiger charge is 2.36. The fourth-order valence-electron chi connectivity index (χ4n) is 2.35. The number of nitrogens with zero attached hydrogens (tertiary/aromatic N) is 1. The van der Waals surface area contributed by atoms with E-state index in [1.807, 2.05) is 4.90 Å². The molecule has 1 N–H and O–H groups in total. The third-order valence-electron chi connectivity index (χ3n) is 3.58. The van der Waals surface area contributed by atoms with Crippen LogP contribution in [-0.2, 0) is 0 Å².